The van der Waals surface area contributed by atoms with Gasteiger partial charge in [-0.15, -0.1) is 0 Å². The molecule has 0 radical (unpaired) electrons. The van der Waals surface area contributed by atoms with E-state index < -0.39 is 0 Å². The number of rotatable bonds is 2. The fraction of sp³-hybridized carbons (Fsp3) is 1.00. The lowest BCUT2D eigenvalue weighted by Gasteiger charge is -2.15. The summed E-state index contributed by atoms with van der Waals surface area (Å²) < 4.78 is 27.7. The van der Waals surface area contributed by atoms with Gasteiger partial charge in [0.15, 0.2) is 0 Å². The summed E-state index contributed by atoms with van der Waals surface area (Å²) in [6, 6.07) is 0. The maximum Gasteiger partial charge on any atom is 0.0906 e. The van der Waals surface area contributed by atoms with Gasteiger partial charge in [0.1, 0.15) is 0 Å². The number of hydrogen-bond donors (Lipinski definition) is 0. The molecule has 0 saturated carbocycles. The average Bonchev–Trinajstić information content (AvgIpc) is 2.45. The Bertz CT molecular complexity index is 189. The van der Waals surface area contributed by atoms with Crippen LogP contribution < -0.4 is 0 Å². The van der Waals surface area contributed by atoms with Gasteiger partial charge in [0.25, 0.3) is 0 Å². The zero-order valence-corrected chi connectivity index (χ0v) is 14.2. The molecule has 0 bridgehead atoms. The molecule has 1 fully saturated rings. The van der Waals surface area contributed by atoms with E-state index in [4.69, 9.17) is 23.7 Å². The number of ether oxygens (including phenoxy) is 5. The van der Waals surface area contributed by atoms with Crippen LogP contribution in [0, 0.1) is 0 Å². The molecule has 19 heavy (non-hydrogen) atoms. The quantitative estimate of drug-likeness (QED) is 0.653. The van der Waals surface area contributed by atoms with Crippen molar-refractivity contribution < 1.29 is 23.7 Å². The highest BCUT2D eigenvalue weighted by molar-refractivity contribution is 9.09. The second-order valence-corrected chi connectivity index (χ2v) is 5.35. The average molecular weight is 406 g/mol. The molecule has 5 nitrogen and oxygen atoms in total. The van der Waals surface area contributed by atoms with Gasteiger partial charge in [-0.3, -0.25) is 0 Å². The predicted octanol–water partition coefficient (Wildman–Crippen LogP) is 1.61. The van der Waals surface area contributed by atoms with Gasteiger partial charge in [-0.05, 0) is 0 Å². The highest BCUT2D eigenvalue weighted by Gasteiger charge is 2.10. The van der Waals surface area contributed by atoms with Crippen LogP contribution in [-0.2, 0) is 23.7 Å². The lowest BCUT2D eigenvalue weighted by Crippen LogP contribution is -2.25. The van der Waals surface area contributed by atoms with Crippen molar-refractivity contribution in [2.75, 3.05) is 63.5 Å². The molecule has 1 heterocycles. The zero-order chi connectivity index (χ0) is 13.8. The first-order chi connectivity index (χ1) is 9.36. The zero-order valence-electron chi connectivity index (χ0n) is 11.0. The topological polar surface area (TPSA) is 46.2 Å². The molecule has 114 valence electrons. The Hall–Kier alpha value is 0.760. The van der Waals surface area contributed by atoms with Crippen molar-refractivity contribution in [1.29, 1.82) is 0 Å². The van der Waals surface area contributed by atoms with Crippen LogP contribution in [0.2, 0.25) is 0 Å². The molecular weight excluding hydrogens is 384 g/mol. The summed E-state index contributed by atoms with van der Waals surface area (Å²) in [5, 5.41) is 1.51. The van der Waals surface area contributed by atoms with Gasteiger partial charge in [-0.1, -0.05) is 31.9 Å². The van der Waals surface area contributed by atoms with E-state index >= 15 is 0 Å². The van der Waals surface area contributed by atoms with E-state index in [2.05, 4.69) is 31.9 Å². The van der Waals surface area contributed by atoms with Crippen molar-refractivity contribution in [1.82, 2.24) is 0 Å². The van der Waals surface area contributed by atoms with Crippen LogP contribution in [0.15, 0.2) is 0 Å². The van der Waals surface area contributed by atoms with Crippen LogP contribution >= 0.6 is 31.9 Å². The summed E-state index contributed by atoms with van der Waals surface area (Å²) in [6.07, 6.45) is 0.112. The van der Waals surface area contributed by atoms with Crippen LogP contribution in [0.25, 0.3) is 0 Å². The van der Waals surface area contributed by atoms with Crippen molar-refractivity contribution in [3.8, 4) is 0 Å². The maximum absolute atomic E-state index is 5.62. The smallest absolute Gasteiger partial charge is 0.0906 e. The molecule has 0 spiro atoms. The SMILES string of the molecule is BrCC1COCCOCC(CBr)OCCOCCO1. The third-order valence-electron chi connectivity index (χ3n) is 2.49. The summed E-state index contributed by atoms with van der Waals surface area (Å²) in [4.78, 5) is 0. The summed E-state index contributed by atoms with van der Waals surface area (Å²) in [6.45, 7) is 4.54. The van der Waals surface area contributed by atoms with E-state index in [-0.39, 0.29) is 12.2 Å². The molecular formula is C12H22Br2O5. The Morgan fingerprint density at radius 3 is 1.47 bits per heavy atom. The van der Waals surface area contributed by atoms with Gasteiger partial charge in [0, 0.05) is 10.7 Å². The lowest BCUT2D eigenvalue weighted by molar-refractivity contribution is -0.0359. The molecule has 0 N–H and O–H groups in total. The minimum atomic E-state index is 0.0558. The van der Waals surface area contributed by atoms with E-state index in [0.717, 1.165) is 10.7 Å². The third-order valence-corrected chi connectivity index (χ3v) is 3.93. The number of halogens is 2. The van der Waals surface area contributed by atoms with Gasteiger partial charge in [-0.25, -0.2) is 0 Å². The highest BCUT2D eigenvalue weighted by Crippen LogP contribution is 2.01. The van der Waals surface area contributed by atoms with Crippen molar-refractivity contribution in [2.24, 2.45) is 0 Å². The Morgan fingerprint density at radius 2 is 1.05 bits per heavy atom. The molecule has 2 atom stereocenters. The first-order valence-electron chi connectivity index (χ1n) is 6.45. The molecule has 1 aliphatic heterocycles. The van der Waals surface area contributed by atoms with E-state index in [1.165, 1.54) is 0 Å². The molecule has 0 aromatic heterocycles. The summed E-state index contributed by atoms with van der Waals surface area (Å²) in [5.41, 5.74) is 0. The largest absolute Gasteiger partial charge is 0.377 e. The first-order valence-corrected chi connectivity index (χ1v) is 8.69. The molecule has 0 amide bonds. The molecule has 0 aromatic carbocycles. The second-order valence-electron chi connectivity index (χ2n) is 4.06. The Kier molecular flexibility index (Phi) is 11.7. The molecule has 2 unspecified atom stereocenters. The van der Waals surface area contributed by atoms with Gasteiger partial charge < -0.3 is 23.7 Å². The summed E-state index contributed by atoms with van der Waals surface area (Å²) in [7, 11) is 0. The van der Waals surface area contributed by atoms with Crippen molar-refractivity contribution in [3.63, 3.8) is 0 Å². The van der Waals surface area contributed by atoms with E-state index in [1.807, 2.05) is 0 Å². The van der Waals surface area contributed by atoms with Gasteiger partial charge in [0.05, 0.1) is 65.1 Å². The van der Waals surface area contributed by atoms with Crippen LogP contribution in [0.4, 0.5) is 0 Å². The fourth-order valence-electron chi connectivity index (χ4n) is 1.47. The van der Waals surface area contributed by atoms with Gasteiger partial charge in [0.2, 0.25) is 0 Å². The van der Waals surface area contributed by atoms with E-state index in [9.17, 15) is 0 Å². The first kappa shape index (κ1) is 17.8. The van der Waals surface area contributed by atoms with E-state index in [0.29, 0.717) is 52.9 Å². The van der Waals surface area contributed by atoms with Crippen molar-refractivity contribution >= 4 is 31.9 Å². The van der Waals surface area contributed by atoms with Crippen molar-refractivity contribution in [3.05, 3.63) is 0 Å². The van der Waals surface area contributed by atoms with E-state index in [1.54, 1.807) is 0 Å². The molecule has 7 heteroatoms. The normalized spacial score (nSPS) is 29.4. The van der Waals surface area contributed by atoms with Gasteiger partial charge in [-0.2, -0.15) is 0 Å². The summed E-state index contributed by atoms with van der Waals surface area (Å²) >= 11 is 6.81. The number of hydrogen-bond acceptors (Lipinski definition) is 5. The molecule has 0 aromatic rings. The highest BCUT2D eigenvalue weighted by atomic mass is 79.9. The molecule has 1 aliphatic rings. The Balaban J connectivity index is 2.27. The van der Waals surface area contributed by atoms with Gasteiger partial charge >= 0.3 is 0 Å². The monoisotopic (exact) mass is 404 g/mol. The Labute approximate surface area is 131 Å². The molecule has 1 rings (SSSR count). The summed E-state index contributed by atoms with van der Waals surface area (Å²) in [5.74, 6) is 0. The standard InChI is InChI=1S/C12H22Br2O5/c13-7-11-9-16-1-2-17-10-12(8-14)19-6-4-15-3-5-18-11/h11-12H,1-10H2. The van der Waals surface area contributed by atoms with Crippen LogP contribution in [0.5, 0.6) is 0 Å². The second kappa shape index (κ2) is 12.5. The minimum Gasteiger partial charge on any atom is -0.377 e. The fourth-order valence-corrected chi connectivity index (χ4v) is 2.22. The van der Waals surface area contributed by atoms with Crippen molar-refractivity contribution in [2.45, 2.75) is 12.2 Å². The molecule has 1 saturated heterocycles. The van der Waals surface area contributed by atoms with Crippen LogP contribution in [-0.4, -0.2) is 75.7 Å². The number of alkyl halides is 2. The third kappa shape index (κ3) is 9.33. The predicted molar refractivity (Wildman–Crippen MR) is 79.5 cm³/mol. The van der Waals surface area contributed by atoms with Crippen LogP contribution in [0.3, 0.4) is 0 Å². The minimum absolute atomic E-state index is 0.0558. The van der Waals surface area contributed by atoms with Crippen LogP contribution in [0.1, 0.15) is 0 Å². The lowest BCUT2D eigenvalue weighted by atomic mass is 10.4. The maximum atomic E-state index is 5.62. The molecule has 0 aliphatic carbocycles. The Morgan fingerprint density at radius 1 is 0.632 bits per heavy atom.